The number of phenolic OH excluding ortho intramolecular Hbond substituents is 1. The van der Waals surface area contributed by atoms with E-state index < -0.39 is 21.7 Å². The Balaban J connectivity index is 2.14. The summed E-state index contributed by atoms with van der Waals surface area (Å²) >= 11 is 0. The van der Waals surface area contributed by atoms with Gasteiger partial charge in [-0.25, -0.2) is 18.4 Å². The Kier molecular flexibility index (Phi) is 5.42. The van der Waals surface area contributed by atoms with Gasteiger partial charge in [0.15, 0.2) is 21.4 Å². The van der Waals surface area contributed by atoms with Crippen LogP contribution in [0, 0.1) is 0 Å². The molecule has 0 spiro atoms. The number of alkyl halides is 3. The number of sulfone groups is 1. The SMILES string of the molecule is CCS(=O)(=O)c1ccc(O)cc1Nc1cc(C(F)(F)F)nc(-c2ccccn2)n1. The van der Waals surface area contributed by atoms with E-state index in [1.807, 2.05) is 0 Å². The number of hydrogen-bond acceptors (Lipinski definition) is 7. The molecule has 0 aliphatic rings. The van der Waals surface area contributed by atoms with E-state index in [4.69, 9.17) is 0 Å². The van der Waals surface area contributed by atoms with Crippen LogP contribution in [-0.2, 0) is 16.0 Å². The molecule has 2 aromatic heterocycles. The normalized spacial score (nSPS) is 12.0. The molecule has 0 aliphatic carbocycles. The van der Waals surface area contributed by atoms with E-state index in [9.17, 15) is 26.7 Å². The molecule has 0 radical (unpaired) electrons. The zero-order valence-corrected chi connectivity index (χ0v) is 15.8. The predicted molar refractivity (Wildman–Crippen MR) is 99.4 cm³/mol. The number of benzene rings is 1. The van der Waals surface area contributed by atoms with Crippen LogP contribution in [0.5, 0.6) is 5.75 Å². The molecule has 0 amide bonds. The number of phenols is 1. The van der Waals surface area contributed by atoms with Gasteiger partial charge in [0.05, 0.1) is 16.3 Å². The first-order valence-electron chi connectivity index (χ1n) is 8.30. The molecule has 152 valence electrons. The predicted octanol–water partition coefficient (Wildman–Crippen LogP) is 3.80. The van der Waals surface area contributed by atoms with Crippen molar-refractivity contribution < 1.29 is 26.7 Å². The molecule has 11 heteroatoms. The lowest BCUT2D eigenvalue weighted by Crippen LogP contribution is -2.12. The Morgan fingerprint density at radius 2 is 1.86 bits per heavy atom. The Morgan fingerprint density at radius 1 is 1.10 bits per heavy atom. The van der Waals surface area contributed by atoms with Gasteiger partial charge < -0.3 is 10.4 Å². The van der Waals surface area contributed by atoms with Crippen LogP contribution in [0.4, 0.5) is 24.7 Å². The zero-order chi connectivity index (χ0) is 21.2. The summed E-state index contributed by atoms with van der Waals surface area (Å²) < 4.78 is 64.5. The summed E-state index contributed by atoms with van der Waals surface area (Å²) in [7, 11) is -3.72. The number of rotatable bonds is 5. The Bertz CT molecular complexity index is 1140. The number of aromatic hydroxyl groups is 1. The number of hydrogen-bond donors (Lipinski definition) is 2. The Labute approximate surface area is 164 Å². The van der Waals surface area contributed by atoms with Crippen molar-refractivity contribution in [1.82, 2.24) is 15.0 Å². The highest BCUT2D eigenvalue weighted by atomic mass is 32.2. The number of halogens is 3. The summed E-state index contributed by atoms with van der Waals surface area (Å²) in [6.07, 6.45) is -3.38. The maximum Gasteiger partial charge on any atom is 0.433 e. The molecule has 0 unspecified atom stereocenters. The highest BCUT2D eigenvalue weighted by Crippen LogP contribution is 2.33. The first-order valence-corrected chi connectivity index (χ1v) is 9.96. The second kappa shape index (κ2) is 7.66. The molecule has 29 heavy (non-hydrogen) atoms. The van der Waals surface area contributed by atoms with Gasteiger partial charge in [0.2, 0.25) is 0 Å². The molecule has 0 fully saturated rings. The molecule has 2 heterocycles. The largest absolute Gasteiger partial charge is 0.508 e. The van der Waals surface area contributed by atoms with Crippen LogP contribution in [0.1, 0.15) is 12.6 Å². The van der Waals surface area contributed by atoms with Crippen molar-refractivity contribution in [3.05, 3.63) is 54.4 Å². The van der Waals surface area contributed by atoms with Crippen molar-refractivity contribution in [2.45, 2.75) is 18.0 Å². The fourth-order valence-electron chi connectivity index (χ4n) is 2.45. The Hall–Kier alpha value is -3.21. The van der Waals surface area contributed by atoms with Crippen molar-refractivity contribution in [3.63, 3.8) is 0 Å². The lowest BCUT2D eigenvalue weighted by molar-refractivity contribution is -0.141. The standard InChI is InChI=1S/C18H15F3N4O3S/c1-2-29(27,28)14-7-6-11(26)9-13(14)23-16-10-15(18(19,20)21)24-17(25-16)12-5-3-4-8-22-12/h3-10,26H,2H2,1H3,(H,23,24,25). The second-order valence-corrected chi connectivity index (χ2v) is 8.13. The molecule has 0 bridgehead atoms. The first-order chi connectivity index (χ1) is 13.6. The maximum atomic E-state index is 13.3. The van der Waals surface area contributed by atoms with Crippen LogP contribution in [0.25, 0.3) is 11.5 Å². The topological polar surface area (TPSA) is 105 Å². The van der Waals surface area contributed by atoms with Crippen molar-refractivity contribution in [1.29, 1.82) is 0 Å². The van der Waals surface area contributed by atoms with Crippen LogP contribution >= 0.6 is 0 Å². The van der Waals surface area contributed by atoms with E-state index in [1.54, 1.807) is 12.1 Å². The highest BCUT2D eigenvalue weighted by Gasteiger charge is 2.34. The smallest absolute Gasteiger partial charge is 0.433 e. The van der Waals surface area contributed by atoms with E-state index in [-0.39, 0.29) is 39.4 Å². The van der Waals surface area contributed by atoms with E-state index in [0.717, 1.165) is 6.07 Å². The fraction of sp³-hybridized carbons (Fsp3) is 0.167. The molecule has 0 saturated carbocycles. The van der Waals surface area contributed by atoms with E-state index in [2.05, 4.69) is 20.3 Å². The van der Waals surface area contributed by atoms with Crippen LogP contribution in [0.3, 0.4) is 0 Å². The van der Waals surface area contributed by atoms with E-state index >= 15 is 0 Å². The van der Waals surface area contributed by atoms with Crippen molar-refractivity contribution in [2.24, 2.45) is 0 Å². The Morgan fingerprint density at radius 3 is 2.48 bits per heavy atom. The van der Waals surface area contributed by atoms with Crippen molar-refractivity contribution in [3.8, 4) is 17.3 Å². The summed E-state index contributed by atoms with van der Waals surface area (Å²) in [6.45, 7) is 1.43. The molecule has 3 rings (SSSR count). The first kappa shape index (κ1) is 20.5. The van der Waals surface area contributed by atoms with Crippen LogP contribution in [-0.4, -0.2) is 34.2 Å². The van der Waals surface area contributed by atoms with Gasteiger partial charge in [-0.1, -0.05) is 13.0 Å². The number of pyridine rings is 1. The number of nitrogens with one attached hydrogen (secondary N) is 1. The molecule has 1 aromatic carbocycles. The fourth-order valence-corrected chi connectivity index (χ4v) is 3.48. The number of nitrogens with zero attached hydrogens (tertiary/aromatic N) is 3. The maximum absolute atomic E-state index is 13.3. The second-order valence-electron chi connectivity index (χ2n) is 5.88. The van der Waals surface area contributed by atoms with Gasteiger partial charge >= 0.3 is 6.18 Å². The van der Waals surface area contributed by atoms with Crippen LogP contribution in [0.15, 0.2) is 53.6 Å². The third-order valence-electron chi connectivity index (χ3n) is 3.85. The highest BCUT2D eigenvalue weighted by molar-refractivity contribution is 7.91. The summed E-state index contributed by atoms with van der Waals surface area (Å²) in [4.78, 5) is 11.3. The van der Waals surface area contributed by atoms with Gasteiger partial charge in [-0.3, -0.25) is 4.98 Å². The molecule has 2 N–H and O–H groups in total. The minimum Gasteiger partial charge on any atom is -0.508 e. The van der Waals surface area contributed by atoms with Gasteiger partial charge in [-0.05, 0) is 24.3 Å². The van der Waals surface area contributed by atoms with Gasteiger partial charge in [0.25, 0.3) is 0 Å². The monoisotopic (exact) mass is 424 g/mol. The van der Waals surface area contributed by atoms with Gasteiger partial charge in [0.1, 0.15) is 17.3 Å². The number of aromatic nitrogens is 3. The average Bonchev–Trinajstić information content (AvgIpc) is 2.67. The minimum absolute atomic E-state index is 0.106. The quantitative estimate of drug-likeness (QED) is 0.642. The molecule has 3 aromatic rings. The van der Waals surface area contributed by atoms with Gasteiger partial charge in [-0.2, -0.15) is 13.2 Å². The van der Waals surface area contributed by atoms with Crippen molar-refractivity contribution in [2.75, 3.05) is 11.1 Å². The van der Waals surface area contributed by atoms with E-state index in [0.29, 0.717) is 6.07 Å². The lowest BCUT2D eigenvalue weighted by Gasteiger charge is -2.14. The van der Waals surface area contributed by atoms with E-state index in [1.165, 1.54) is 31.3 Å². The summed E-state index contributed by atoms with van der Waals surface area (Å²) in [6, 6.07) is 8.69. The van der Waals surface area contributed by atoms with Crippen LogP contribution < -0.4 is 5.32 Å². The summed E-state index contributed by atoms with van der Waals surface area (Å²) in [5.74, 6) is -1.09. The molecular formula is C18H15F3N4O3S. The zero-order valence-electron chi connectivity index (χ0n) is 15.0. The van der Waals surface area contributed by atoms with Crippen LogP contribution in [0.2, 0.25) is 0 Å². The molecular weight excluding hydrogens is 409 g/mol. The van der Waals surface area contributed by atoms with Gasteiger partial charge in [0, 0.05) is 18.3 Å². The molecule has 0 atom stereocenters. The molecule has 0 aliphatic heterocycles. The molecule has 7 nitrogen and oxygen atoms in total. The third kappa shape index (κ3) is 4.62. The summed E-state index contributed by atoms with van der Waals surface area (Å²) in [5.41, 5.74) is -1.22. The third-order valence-corrected chi connectivity index (χ3v) is 5.64. The molecule has 0 saturated heterocycles. The lowest BCUT2D eigenvalue weighted by atomic mass is 10.2. The average molecular weight is 424 g/mol. The van der Waals surface area contributed by atoms with Gasteiger partial charge in [-0.15, -0.1) is 0 Å². The number of anilines is 2. The summed E-state index contributed by atoms with van der Waals surface area (Å²) in [5, 5.41) is 12.3. The minimum atomic E-state index is -4.76. The van der Waals surface area contributed by atoms with Crippen molar-refractivity contribution >= 4 is 21.3 Å².